The average Bonchev–Trinajstić information content (AvgIpc) is 2.73. The first-order valence-electron chi connectivity index (χ1n) is 6.50. The lowest BCUT2D eigenvalue weighted by Gasteiger charge is -2.29. The Hall–Kier alpha value is -1.14. The predicted molar refractivity (Wildman–Crippen MR) is 76.4 cm³/mol. The molecule has 0 saturated heterocycles. The van der Waals surface area contributed by atoms with Gasteiger partial charge in [-0.1, -0.05) is 25.2 Å². The molecule has 0 aliphatic rings. The van der Waals surface area contributed by atoms with Crippen LogP contribution in [0.5, 0.6) is 0 Å². The number of carbonyl (C=O) groups excluding carboxylic acids is 1. The summed E-state index contributed by atoms with van der Waals surface area (Å²) in [6.07, 6.45) is 1.61. The van der Waals surface area contributed by atoms with Crippen LogP contribution in [0.15, 0.2) is 10.2 Å². The van der Waals surface area contributed by atoms with E-state index in [1.807, 2.05) is 13.8 Å². The lowest BCUT2D eigenvalue weighted by atomic mass is 9.83. The third-order valence-corrected chi connectivity index (χ3v) is 4.66. The summed E-state index contributed by atoms with van der Waals surface area (Å²) in [5.74, 6) is -0.191. The van der Waals surface area contributed by atoms with Crippen LogP contribution < -0.4 is 10.2 Å². The Morgan fingerprint density at radius 3 is 2.53 bits per heavy atom. The van der Waals surface area contributed by atoms with Crippen molar-refractivity contribution in [2.24, 2.45) is 5.41 Å². The number of aliphatic hydroxyl groups is 1. The number of thiazole rings is 1. The van der Waals surface area contributed by atoms with Crippen LogP contribution in [0.3, 0.4) is 0 Å². The third-order valence-electron chi connectivity index (χ3n) is 3.77. The minimum absolute atomic E-state index is 0.0447. The molecule has 0 radical (unpaired) electrons. The van der Waals surface area contributed by atoms with Crippen LogP contribution in [0.25, 0.3) is 0 Å². The van der Waals surface area contributed by atoms with Gasteiger partial charge in [-0.15, -0.1) is 0 Å². The van der Waals surface area contributed by atoms with Gasteiger partial charge in [-0.05, 0) is 19.8 Å². The molecule has 1 aromatic rings. The number of aliphatic hydroxyl groups excluding tert-OH is 1. The van der Waals surface area contributed by atoms with E-state index in [0.29, 0.717) is 6.54 Å². The van der Waals surface area contributed by atoms with E-state index in [-0.39, 0.29) is 29.3 Å². The molecule has 0 aliphatic carbocycles. The molecule has 0 saturated carbocycles. The van der Waals surface area contributed by atoms with E-state index in [0.717, 1.165) is 29.9 Å². The number of carbonyl (C=O) groups is 1. The number of amides is 1. The van der Waals surface area contributed by atoms with Gasteiger partial charge in [0, 0.05) is 23.0 Å². The summed E-state index contributed by atoms with van der Waals surface area (Å²) in [6.45, 7) is 6.34. The fraction of sp³-hybridized carbons (Fsp3) is 0.692. The topological polar surface area (TPSA) is 71.3 Å². The molecule has 1 aromatic heterocycles. The van der Waals surface area contributed by atoms with E-state index in [4.69, 9.17) is 0 Å². The van der Waals surface area contributed by atoms with Crippen molar-refractivity contribution in [2.45, 2.75) is 40.2 Å². The molecule has 2 N–H and O–H groups in total. The molecule has 19 heavy (non-hydrogen) atoms. The Balaban J connectivity index is 2.60. The third kappa shape index (κ3) is 3.91. The quantitative estimate of drug-likeness (QED) is 0.789. The second-order valence-corrected chi connectivity index (χ2v) is 5.69. The first-order valence-corrected chi connectivity index (χ1v) is 7.38. The van der Waals surface area contributed by atoms with Gasteiger partial charge in [0.1, 0.15) is 6.54 Å². The normalized spacial score (nSPS) is 11.6. The Morgan fingerprint density at radius 1 is 1.47 bits per heavy atom. The molecule has 0 fully saturated rings. The van der Waals surface area contributed by atoms with E-state index in [1.165, 1.54) is 4.57 Å². The molecule has 0 bridgehead atoms. The zero-order chi connectivity index (χ0) is 14.5. The number of aromatic nitrogens is 1. The second kappa shape index (κ2) is 6.86. The molecular weight excluding hydrogens is 264 g/mol. The highest BCUT2D eigenvalue weighted by Crippen LogP contribution is 2.24. The minimum Gasteiger partial charge on any atom is -0.396 e. The number of aryl methyl sites for hydroxylation is 1. The molecule has 0 unspecified atom stereocenters. The summed E-state index contributed by atoms with van der Waals surface area (Å²) >= 11 is 1.10. The standard InChI is InChI=1S/C13H22N2O3S/c1-4-13(5-2,9-16)8-14-11(17)6-15-10(3)7-19-12(15)18/h7,16H,4-6,8-9H2,1-3H3,(H,14,17). The number of hydrogen-bond acceptors (Lipinski definition) is 4. The van der Waals surface area contributed by atoms with Crippen molar-refractivity contribution in [3.8, 4) is 0 Å². The Labute approximate surface area is 117 Å². The van der Waals surface area contributed by atoms with E-state index in [1.54, 1.807) is 12.3 Å². The number of hydrogen-bond donors (Lipinski definition) is 2. The molecule has 1 rings (SSSR count). The largest absolute Gasteiger partial charge is 0.396 e. The smallest absolute Gasteiger partial charge is 0.307 e. The van der Waals surface area contributed by atoms with E-state index in [9.17, 15) is 14.7 Å². The van der Waals surface area contributed by atoms with Crippen molar-refractivity contribution >= 4 is 17.2 Å². The van der Waals surface area contributed by atoms with Gasteiger partial charge in [0.15, 0.2) is 0 Å². The molecule has 108 valence electrons. The van der Waals surface area contributed by atoms with Crippen LogP contribution in [0.2, 0.25) is 0 Å². The maximum absolute atomic E-state index is 11.9. The summed E-state index contributed by atoms with van der Waals surface area (Å²) < 4.78 is 1.46. The molecule has 0 aliphatic heterocycles. The lowest BCUT2D eigenvalue weighted by Crippen LogP contribution is -2.41. The monoisotopic (exact) mass is 286 g/mol. The SMILES string of the molecule is CCC(CC)(CO)CNC(=O)Cn1c(C)csc1=O. The van der Waals surface area contributed by atoms with Crippen molar-refractivity contribution in [3.63, 3.8) is 0 Å². The fourth-order valence-electron chi connectivity index (χ4n) is 1.86. The highest BCUT2D eigenvalue weighted by atomic mass is 32.1. The highest BCUT2D eigenvalue weighted by molar-refractivity contribution is 7.07. The van der Waals surface area contributed by atoms with E-state index < -0.39 is 0 Å². The van der Waals surface area contributed by atoms with Crippen LogP contribution in [0, 0.1) is 12.3 Å². The summed E-state index contributed by atoms with van der Waals surface area (Å²) in [7, 11) is 0. The van der Waals surface area contributed by atoms with Gasteiger partial charge in [-0.25, -0.2) is 0 Å². The van der Waals surface area contributed by atoms with Crippen LogP contribution in [-0.4, -0.2) is 28.7 Å². The lowest BCUT2D eigenvalue weighted by molar-refractivity contribution is -0.122. The maximum atomic E-state index is 11.9. The molecule has 1 heterocycles. The molecule has 0 aromatic carbocycles. The molecule has 5 nitrogen and oxygen atoms in total. The van der Waals surface area contributed by atoms with Crippen LogP contribution in [0.4, 0.5) is 0 Å². The molecule has 6 heteroatoms. The van der Waals surface area contributed by atoms with Gasteiger partial charge in [-0.2, -0.15) is 0 Å². The van der Waals surface area contributed by atoms with Crippen molar-refractivity contribution in [1.82, 2.24) is 9.88 Å². The average molecular weight is 286 g/mol. The van der Waals surface area contributed by atoms with Crippen molar-refractivity contribution in [3.05, 3.63) is 20.7 Å². The van der Waals surface area contributed by atoms with Gasteiger partial charge < -0.3 is 10.4 Å². The van der Waals surface area contributed by atoms with Gasteiger partial charge in [0.05, 0.1) is 6.61 Å². The molecular formula is C13H22N2O3S. The van der Waals surface area contributed by atoms with Gasteiger partial charge >= 0.3 is 4.87 Å². The summed E-state index contributed by atoms with van der Waals surface area (Å²) in [5.41, 5.74) is 0.536. The van der Waals surface area contributed by atoms with Gasteiger partial charge in [0.25, 0.3) is 0 Å². The van der Waals surface area contributed by atoms with E-state index >= 15 is 0 Å². The number of rotatable bonds is 7. The second-order valence-electron chi connectivity index (χ2n) is 4.87. The first-order chi connectivity index (χ1) is 8.98. The Bertz CT molecular complexity index is 466. The molecule has 0 spiro atoms. The summed E-state index contributed by atoms with van der Waals surface area (Å²) in [6, 6.07) is 0. The van der Waals surface area contributed by atoms with Crippen LogP contribution >= 0.6 is 11.3 Å². The Kier molecular flexibility index (Phi) is 5.75. The van der Waals surface area contributed by atoms with Crippen molar-refractivity contribution in [2.75, 3.05) is 13.2 Å². The van der Waals surface area contributed by atoms with Gasteiger partial charge in [0.2, 0.25) is 5.91 Å². The zero-order valence-corrected chi connectivity index (χ0v) is 12.5. The molecule has 1 amide bonds. The van der Waals surface area contributed by atoms with Crippen LogP contribution in [0.1, 0.15) is 32.4 Å². The van der Waals surface area contributed by atoms with Crippen molar-refractivity contribution in [1.29, 1.82) is 0 Å². The van der Waals surface area contributed by atoms with E-state index in [2.05, 4.69) is 5.32 Å². The summed E-state index contributed by atoms with van der Waals surface area (Å²) in [4.78, 5) is 23.2. The highest BCUT2D eigenvalue weighted by Gasteiger charge is 2.25. The Morgan fingerprint density at radius 2 is 2.11 bits per heavy atom. The maximum Gasteiger partial charge on any atom is 0.307 e. The minimum atomic E-state index is -0.260. The number of nitrogens with zero attached hydrogens (tertiary/aromatic N) is 1. The summed E-state index contributed by atoms with van der Waals surface area (Å²) in [5, 5.41) is 14.0. The first kappa shape index (κ1) is 15.9. The fourth-order valence-corrected chi connectivity index (χ4v) is 2.60. The van der Waals surface area contributed by atoms with Crippen LogP contribution in [-0.2, 0) is 11.3 Å². The van der Waals surface area contributed by atoms with Crippen molar-refractivity contribution < 1.29 is 9.90 Å². The zero-order valence-electron chi connectivity index (χ0n) is 11.7. The molecule has 0 atom stereocenters. The predicted octanol–water partition coefficient (Wildman–Crippen LogP) is 1.13. The van der Waals surface area contributed by atoms with Gasteiger partial charge in [-0.3, -0.25) is 14.2 Å². The number of nitrogens with one attached hydrogen (secondary N) is 1.